The van der Waals surface area contributed by atoms with Crippen LogP contribution in [0.5, 0.6) is 0 Å². The first-order chi connectivity index (χ1) is 5.74. The second-order valence-electron chi connectivity index (χ2n) is 3.03. The van der Waals surface area contributed by atoms with Crippen molar-refractivity contribution in [3.8, 4) is 0 Å². The first-order valence-corrected chi connectivity index (χ1v) is 4.17. The van der Waals surface area contributed by atoms with E-state index in [9.17, 15) is 9.59 Å². The fraction of sp³-hybridized carbons (Fsp3) is 1.00. The van der Waals surface area contributed by atoms with E-state index < -0.39 is 6.73 Å². The minimum absolute atomic E-state index is 0.0187. The number of hydrogen-bond acceptors (Lipinski definition) is 4. The number of halogens is 1. The normalized spacial score (nSPS) is 30.0. The van der Waals surface area contributed by atoms with Crippen molar-refractivity contribution in [1.82, 2.24) is 10.4 Å². The summed E-state index contributed by atoms with van der Waals surface area (Å²) in [6.45, 7) is 0.366. The average molecular weight is 178 g/mol. The van der Waals surface area contributed by atoms with Crippen molar-refractivity contribution in [2.75, 3.05) is 19.8 Å². The topological polar surface area (TPSA) is 55.7 Å². The van der Waals surface area contributed by atoms with Crippen molar-refractivity contribution in [1.29, 1.82) is 0 Å². The molecule has 0 spiro atoms. The maximum absolute atomic E-state index is 12.4. The lowest BCUT2D eigenvalue weighted by Crippen LogP contribution is -2.33. The van der Waals surface area contributed by atoms with Gasteiger partial charge < -0.3 is 15.5 Å². The molecule has 1 heterocycles. The fourth-order valence-corrected chi connectivity index (χ4v) is 1.40. The number of hydrogen-bond donors (Lipinski definition) is 3. The quantitative estimate of drug-likeness (QED) is 0.391. The van der Waals surface area contributed by atoms with Crippen molar-refractivity contribution in [3.05, 3.63) is 0 Å². The summed E-state index contributed by atoms with van der Waals surface area (Å²) in [6, 6.07) is -0.0187. The highest BCUT2D eigenvalue weighted by atomic mass is 19.2. The molecular formula is C7H15FN2O2. The van der Waals surface area contributed by atoms with Gasteiger partial charge in [0.05, 0.1) is 6.10 Å². The molecule has 0 aromatic rings. The van der Waals surface area contributed by atoms with Crippen LogP contribution in [0.25, 0.3) is 0 Å². The molecule has 72 valence electrons. The van der Waals surface area contributed by atoms with Crippen molar-refractivity contribution in [2.45, 2.75) is 25.0 Å². The van der Waals surface area contributed by atoms with Gasteiger partial charge in [-0.25, -0.2) is 0 Å². The molecule has 2 atom stereocenters. The molecule has 1 aliphatic rings. The number of aliphatic hydroxyl groups excluding tert-OH is 2. The van der Waals surface area contributed by atoms with Gasteiger partial charge in [-0.15, -0.1) is 9.60 Å². The molecule has 0 aromatic carbocycles. The van der Waals surface area contributed by atoms with Gasteiger partial charge in [0.15, 0.2) is 0 Å². The van der Waals surface area contributed by atoms with E-state index in [-0.39, 0.29) is 18.7 Å². The third-order valence-corrected chi connectivity index (χ3v) is 2.15. The average Bonchev–Trinajstić information content (AvgIpc) is 2.47. The molecule has 0 amide bonds. The van der Waals surface area contributed by atoms with Gasteiger partial charge in [-0.1, -0.05) is 0 Å². The summed E-state index contributed by atoms with van der Waals surface area (Å²) in [6.07, 6.45) is 0.894. The third kappa shape index (κ3) is 2.67. The van der Waals surface area contributed by atoms with E-state index in [1.165, 1.54) is 0 Å². The van der Waals surface area contributed by atoms with E-state index >= 15 is 0 Å². The SMILES string of the molecule is OCN(F)CCC1NCCC1O. The van der Waals surface area contributed by atoms with E-state index in [0.29, 0.717) is 11.5 Å². The van der Waals surface area contributed by atoms with Gasteiger partial charge in [-0.3, -0.25) is 0 Å². The van der Waals surface area contributed by atoms with Crippen LogP contribution in [0.4, 0.5) is 4.48 Å². The molecule has 5 heteroatoms. The van der Waals surface area contributed by atoms with Crippen molar-refractivity contribution >= 4 is 0 Å². The van der Waals surface area contributed by atoms with E-state index in [1.807, 2.05) is 0 Å². The zero-order valence-electron chi connectivity index (χ0n) is 6.91. The van der Waals surface area contributed by atoms with Crippen molar-refractivity contribution in [3.63, 3.8) is 0 Å². The molecular weight excluding hydrogens is 163 g/mol. The smallest absolute Gasteiger partial charge is 0.124 e. The molecule has 0 saturated carbocycles. The molecule has 1 saturated heterocycles. The Morgan fingerprint density at radius 3 is 2.83 bits per heavy atom. The molecule has 0 radical (unpaired) electrons. The highest BCUT2D eigenvalue weighted by Crippen LogP contribution is 2.10. The lowest BCUT2D eigenvalue weighted by molar-refractivity contribution is -0.0552. The second kappa shape index (κ2) is 4.71. The van der Waals surface area contributed by atoms with Gasteiger partial charge in [-0.05, 0) is 19.4 Å². The summed E-state index contributed by atoms with van der Waals surface area (Å²) in [5, 5.41) is 21.0. The van der Waals surface area contributed by atoms with Crippen LogP contribution in [-0.2, 0) is 0 Å². The Kier molecular flexibility index (Phi) is 3.87. The van der Waals surface area contributed by atoms with Crippen LogP contribution < -0.4 is 5.32 Å². The maximum Gasteiger partial charge on any atom is 0.124 e. The van der Waals surface area contributed by atoms with Crippen LogP contribution in [0.2, 0.25) is 0 Å². The first kappa shape index (κ1) is 9.85. The lowest BCUT2D eigenvalue weighted by atomic mass is 10.1. The minimum Gasteiger partial charge on any atom is -0.391 e. The van der Waals surface area contributed by atoms with Crippen molar-refractivity contribution in [2.24, 2.45) is 0 Å². The molecule has 1 rings (SSSR count). The van der Waals surface area contributed by atoms with E-state index in [1.54, 1.807) is 0 Å². The molecule has 3 N–H and O–H groups in total. The monoisotopic (exact) mass is 178 g/mol. The zero-order valence-corrected chi connectivity index (χ0v) is 6.91. The minimum atomic E-state index is -0.581. The Balaban J connectivity index is 2.13. The largest absolute Gasteiger partial charge is 0.391 e. The lowest BCUT2D eigenvalue weighted by Gasteiger charge is -2.16. The summed E-state index contributed by atoms with van der Waals surface area (Å²) in [4.78, 5) is 0. The number of rotatable bonds is 4. The fourth-order valence-electron chi connectivity index (χ4n) is 1.40. The van der Waals surface area contributed by atoms with Crippen LogP contribution in [0.3, 0.4) is 0 Å². The van der Waals surface area contributed by atoms with Crippen molar-refractivity contribution < 1.29 is 14.7 Å². The molecule has 2 unspecified atom stereocenters. The Bertz CT molecular complexity index is 137. The van der Waals surface area contributed by atoms with Gasteiger partial charge in [-0.2, -0.15) is 0 Å². The summed E-state index contributed by atoms with van der Waals surface area (Å²) in [5.74, 6) is 0. The van der Waals surface area contributed by atoms with Crippen LogP contribution in [0.15, 0.2) is 0 Å². The molecule has 0 aromatic heterocycles. The van der Waals surface area contributed by atoms with E-state index in [0.717, 1.165) is 13.0 Å². The highest BCUT2D eigenvalue weighted by Gasteiger charge is 2.24. The standard InChI is InChI=1S/C7H15FN2O2/c8-10(5-11)4-2-6-7(12)1-3-9-6/h6-7,9,11-12H,1-5H2. The first-order valence-electron chi connectivity index (χ1n) is 4.17. The molecule has 0 bridgehead atoms. The molecule has 1 aliphatic heterocycles. The Morgan fingerprint density at radius 2 is 2.33 bits per heavy atom. The Morgan fingerprint density at radius 1 is 1.58 bits per heavy atom. The number of nitrogens with zero attached hydrogens (tertiary/aromatic N) is 1. The van der Waals surface area contributed by atoms with Crippen LogP contribution in [0.1, 0.15) is 12.8 Å². The highest BCUT2D eigenvalue weighted by molar-refractivity contribution is 4.83. The summed E-state index contributed by atoms with van der Waals surface area (Å²) >= 11 is 0. The Labute approximate surface area is 70.9 Å². The van der Waals surface area contributed by atoms with Crippen LogP contribution >= 0.6 is 0 Å². The van der Waals surface area contributed by atoms with Gasteiger partial charge in [0.2, 0.25) is 0 Å². The predicted molar refractivity (Wildman–Crippen MR) is 41.9 cm³/mol. The molecule has 12 heavy (non-hydrogen) atoms. The van der Waals surface area contributed by atoms with Gasteiger partial charge in [0.1, 0.15) is 6.73 Å². The van der Waals surface area contributed by atoms with E-state index in [4.69, 9.17) is 5.11 Å². The summed E-state index contributed by atoms with van der Waals surface area (Å²) < 4.78 is 12.4. The zero-order chi connectivity index (χ0) is 8.97. The molecule has 0 aliphatic carbocycles. The van der Waals surface area contributed by atoms with Gasteiger partial charge in [0.25, 0.3) is 0 Å². The molecule has 1 fully saturated rings. The van der Waals surface area contributed by atoms with Crippen LogP contribution in [-0.4, -0.2) is 47.3 Å². The van der Waals surface area contributed by atoms with Crippen LogP contribution in [0, 0.1) is 0 Å². The number of nitrogens with one attached hydrogen (secondary N) is 1. The molecule has 4 nitrogen and oxygen atoms in total. The van der Waals surface area contributed by atoms with Gasteiger partial charge >= 0.3 is 0 Å². The number of aliphatic hydroxyl groups is 2. The van der Waals surface area contributed by atoms with E-state index in [2.05, 4.69) is 5.32 Å². The van der Waals surface area contributed by atoms with Gasteiger partial charge in [0, 0.05) is 12.6 Å². The second-order valence-corrected chi connectivity index (χ2v) is 3.03. The maximum atomic E-state index is 12.4. The predicted octanol–water partition coefficient (Wildman–Crippen LogP) is -0.764. The Hall–Kier alpha value is -0.230. The third-order valence-electron chi connectivity index (χ3n) is 2.15. The summed E-state index contributed by atoms with van der Waals surface area (Å²) in [7, 11) is 0. The summed E-state index contributed by atoms with van der Waals surface area (Å²) in [5.41, 5.74) is 0.